The van der Waals surface area contributed by atoms with Crippen molar-refractivity contribution in [3.63, 3.8) is 0 Å². The van der Waals surface area contributed by atoms with Crippen LogP contribution < -0.4 is 10.5 Å². The number of rotatable bonds is 5. The minimum atomic E-state index is -0.627. The third-order valence-electron chi connectivity index (χ3n) is 7.83. The molecule has 1 aromatic carbocycles. The van der Waals surface area contributed by atoms with Gasteiger partial charge in [-0.25, -0.2) is 4.98 Å². The van der Waals surface area contributed by atoms with Crippen LogP contribution in [0.1, 0.15) is 87.0 Å². The molecule has 0 saturated carbocycles. The van der Waals surface area contributed by atoms with Crippen LogP contribution in [0, 0.1) is 19.3 Å². The molecule has 218 valence electrons. The van der Waals surface area contributed by atoms with Gasteiger partial charge in [0.25, 0.3) is 11.8 Å². The van der Waals surface area contributed by atoms with Gasteiger partial charge in [-0.15, -0.1) is 0 Å². The number of carbonyl (C=O) groups excluding carboxylic acids is 3. The number of amides is 2. The van der Waals surface area contributed by atoms with Gasteiger partial charge in [-0.1, -0.05) is 40.2 Å². The van der Waals surface area contributed by atoms with Gasteiger partial charge in [0.05, 0.1) is 30.8 Å². The maximum absolute atomic E-state index is 13.7. The first-order valence-electron chi connectivity index (χ1n) is 14.3. The van der Waals surface area contributed by atoms with E-state index in [1.54, 1.807) is 18.9 Å². The number of ketones is 1. The summed E-state index contributed by atoms with van der Waals surface area (Å²) in [5.74, 6) is 0.424. The zero-order valence-corrected chi connectivity index (χ0v) is 25.4. The second-order valence-electron chi connectivity index (χ2n) is 11.8. The smallest absolute Gasteiger partial charge is 0.267 e. The molecule has 0 fully saturated rings. The van der Waals surface area contributed by atoms with E-state index in [1.165, 1.54) is 6.42 Å². The number of carbonyl (C=O) groups is 3. The highest BCUT2D eigenvalue weighted by molar-refractivity contribution is 6.06. The lowest BCUT2D eigenvalue weighted by molar-refractivity contribution is -0.125. The summed E-state index contributed by atoms with van der Waals surface area (Å²) in [6, 6.07) is 7.36. The normalized spacial score (nSPS) is 19.3. The number of aromatic nitrogens is 1. The molecule has 8 heteroatoms. The number of hydrogen-bond acceptors (Lipinski definition) is 6. The fourth-order valence-corrected chi connectivity index (χ4v) is 5.97. The maximum Gasteiger partial charge on any atom is 0.267 e. The lowest BCUT2D eigenvalue weighted by Gasteiger charge is -2.38. The maximum atomic E-state index is 13.7. The van der Waals surface area contributed by atoms with Crippen LogP contribution in [0.4, 0.5) is 0 Å². The number of Topliss-reactive ketones (excluding diaryl/α,β-unsaturated/α-hetero) is 1. The molecule has 0 unspecified atom stereocenters. The number of primary amides is 1. The molecule has 3 aliphatic rings. The van der Waals surface area contributed by atoms with Crippen LogP contribution in [-0.4, -0.2) is 47.7 Å². The predicted molar refractivity (Wildman–Crippen MR) is 158 cm³/mol. The van der Waals surface area contributed by atoms with Gasteiger partial charge in [-0.05, 0) is 55.5 Å². The number of nitrogens with zero attached hydrogens (tertiary/aromatic N) is 2. The van der Waals surface area contributed by atoms with Crippen LogP contribution in [0.2, 0.25) is 0 Å². The molecule has 1 aromatic heterocycles. The fourth-order valence-electron chi connectivity index (χ4n) is 5.97. The van der Waals surface area contributed by atoms with Gasteiger partial charge in [0.1, 0.15) is 23.0 Å². The van der Waals surface area contributed by atoms with Crippen LogP contribution in [0.3, 0.4) is 0 Å². The Morgan fingerprint density at radius 3 is 2.37 bits per heavy atom. The summed E-state index contributed by atoms with van der Waals surface area (Å²) >= 11 is 0. The van der Waals surface area contributed by atoms with Gasteiger partial charge in [0.15, 0.2) is 5.78 Å². The number of likely N-dealkylation sites (N-methyl/N-ethyl adjacent to an activating group) is 1. The third kappa shape index (κ3) is 5.39. The average molecular weight is 560 g/mol. The van der Waals surface area contributed by atoms with Gasteiger partial charge in [-0.2, -0.15) is 0 Å². The summed E-state index contributed by atoms with van der Waals surface area (Å²) in [7, 11) is 1.58. The molecule has 8 nitrogen and oxygen atoms in total. The minimum absolute atomic E-state index is 0.0214. The molecular weight excluding hydrogens is 518 g/mol. The number of allylic oxidation sites excluding steroid dienone is 2. The molecule has 2 amide bonds. The Morgan fingerprint density at radius 1 is 1.07 bits per heavy atom. The molecule has 0 bridgehead atoms. The van der Waals surface area contributed by atoms with E-state index >= 15 is 0 Å². The second-order valence-corrected chi connectivity index (χ2v) is 11.8. The quantitative estimate of drug-likeness (QED) is 0.498. The molecule has 1 aliphatic carbocycles. The molecule has 0 saturated heterocycles. The van der Waals surface area contributed by atoms with Crippen LogP contribution in [0.5, 0.6) is 5.75 Å². The van der Waals surface area contributed by atoms with E-state index in [4.69, 9.17) is 15.2 Å². The Kier molecular flexibility index (Phi) is 8.43. The van der Waals surface area contributed by atoms with Crippen molar-refractivity contribution in [2.75, 3.05) is 20.2 Å². The van der Waals surface area contributed by atoms with Crippen molar-refractivity contribution in [3.05, 3.63) is 69.3 Å². The van der Waals surface area contributed by atoms with Crippen LogP contribution in [-0.2, 0) is 14.3 Å². The van der Waals surface area contributed by atoms with Gasteiger partial charge in [-0.3, -0.25) is 14.4 Å². The number of aryl methyl sites for hydroxylation is 1. The van der Waals surface area contributed by atoms with E-state index in [-0.39, 0.29) is 22.8 Å². The van der Waals surface area contributed by atoms with E-state index in [9.17, 15) is 14.4 Å². The van der Waals surface area contributed by atoms with E-state index in [0.717, 1.165) is 16.7 Å². The first kappa shape index (κ1) is 30.0. The highest BCUT2D eigenvalue weighted by Crippen LogP contribution is 2.53. The van der Waals surface area contributed by atoms with Crippen molar-refractivity contribution in [2.45, 2.75) is 73.6 Å². The molecule has 2 N–H and O–H groups in total. The highest BCUT2D eigenvalue weighted by Gasteiger charge is 2.49. The van der Waals surface area contributed by atoms with Gasteiger partial charge in [0.2, 0.25) is 0 Å². The summed E-state index contributed by atoms with van der Waals surface area (Å²) in [6.07, 6.45) is 2.22. The van der Waals surface area contributed by atoms with E-state index in [1.807, 2.05) is 38.1 Å². The lowest BCUT2D eigenvalue weighted by atomic mass is 9.69. The number of nitrogens with two attached hydrogens (primary N) is 1. The predicted octanol–water partition coefficient (Wildman–Crippen LogP) is 5.76. The van der Waals surface area contributed by atoms with Crippen molar-refractivity contribution < 1.29 is 23.9 Å². The highest BCUT2D eigenvalue weighted by atomic mass is 16.5. The zero-order valence-electron chi connectivity index (χ0n) is 25.4. The molecule has 3 heterocycles. The first-order valence-corrected chi connectivity index (χ1v) is 14.3. The first-order chi connectivity index (χ1) is 19.4. The van der Waals surface area contributed by atoms with Crippen molar-refractivity contribution >= 4 is 17.6 Å². The Hall–Kier alpha value is -3.94. The zero-order chi connectivity index (χ0) is 30.2. The number of ether oxygens (including phenoxy) is 2. The Balaban J connectivity index is 0.00000124. The van der Waals surface area contributed by atoms with Crippen LogP contribution >= 0.6 is 0 Å². The number of hydrogen-bond donors (Lipinski definition) is 1. The van der Waals surface area contributed by atoms with Crippen LogP contribution in [0.15, 0.2) is 46.9 Å². The third-order valence-corrected chi connectivity index (χ3v) is 7.83. The summed E-state index contributed by atoms with van der Waals surface area (Å²) < 4.78 is 12.2. The minimum Gasteiger partial charge on any atom is -0.496 e. The molecule has 0 radical (unpaired) electrons. The summed E-state index contributed by atoms with van der Waals surface area (Å²) in [5.41, 5.74) is 10.1. The Labute approximate surface area is 242 Å². The Morgan fingerprint density at radius 2 is 1.76 bits per heavy atom. The molecule has 0 spiro atoms. The van der Waals surface area contributed by atoms with Gasteiger partial charge < -0.3 is 20.1 Å². The van der Waals surface area contributed by atoms with E-state index in [2.05, 4.69) is 32.7 Å². The molecule has 5 rings (SSSR count). The summed E-state index contributed by atoms with van der Waals surface area (Å²) in [5, 5.41) is 0. The molecule has 2 aliphatic heterocycles. The number of methoxy groups -OCH3 is 1. The summed E-state index contributed by atoms with van der Waals surface area (Å²) in [4.78, 5) is 45.6. The molecule has 1 atom stereocenters. The van der Waals surface area contributed by atoms with Gasteiger partial charge in [0, 0.05) is 36.1 Å². The Bertz CT molecular complexity index is 1480. The largest absolute Gasteiger partial charge is 0.496 e. The second kappa shape index (κ2) is 11.5. The topological polar surface area (TPSA) is 112 Å². The molecular formula is C33H41N3O5. The molecule has 2 aromatic rings. The van der Waals surface area contributed by atoms with Crippen molar-refractivity contribution in [1.29, 1.82) is 0 Å². The van der Waals surface area contributed by atoms with Gasteiger partial charge >= 0.3 is 0 Å². The van der Waals surface area contributed by atoms with E-state index < -0.39 is 11.8 Å². The number of benzene rings is 1. The average Bonchev–Trinajstić information content (AvgIpc) is 3.22. The van der Waals surface area contributed by atoms with Crippen molar-refractivity contribution in [1.82, 2.24) is 9.88 Å². The lowest BCUT2D eigenvalue weighted by Crippen LogP contribution is -2.34. The monoisotopic (exact) mass is 559 g/mol. The fraction of sp³-hybridized carbons (Fsp3) is 0.455. The van der Waals surface area contributed by atoms with Crippen molar-refractivity contribution in [2.24, 2.45) is 11.1 Å². The van der Waals surface area contributed by atoms with Crippen LogP contribution in [0.25, 0.3) is 11.3 Å². The SMILES string of the molecule is CCC.CCN1CC2=C(C1=O)[C@@H](c1c(OC)ccc(-c3ccc(C)c(C(N)=O)n3)c1C)C1=C(CC(C)(C)CC1=O)O2. The van der Waals surface area contributed by atoms with E-state index in [0.29, 0.717) is 65.6 Å². The molecule has 41 heavy (non-hydrogen) atoms. The number of pyridine rings is 1. The standard InChI is InChI=1S/C30H33N3O5.C3H8/c1-7-33-14-22-25(29(33)36)26(24-19(34)12-30(4,5)13-21(24)38-22)23-16(3)17(9-11-20(23)37-6)18-10-8-15(2)27(32-18)28(31)35;1-3-2/h8-11,26H,7,12-14H2,1-6H3,(H2,31,35);3H2,1-2H3/t26-;/m0./s1. The van der Waals surface area contributed by atoms with Crippen molar-refractivity contribution in [3.8, 4) is 17.0 Å². The summed E-state index contributed by atoms with van der Waals surface area (Å²) in [6.45, 7) is 14.9.